The normalized spacial score (nSPS) is 25.0. The fourth-order valence-electron chi connectivity index (χ4n) is 3.31. The fourth-order valence-corrected chi connectivity index (χ4v) is 3.67. The minimum absolute atomic E-state index is 0.783. The molecule has 0 saturated carbocycles. The van der Waals surface area contributed by atoms with Gasteiger partial charge in [-0.1, -0.05) is 28.4 Å². The van der Waals surface area contributed by atoms with E-state index in [4.69, 9.17) is 0 Å². The third-order valence-corrected chi connectivity index (χ3v) is 5.28. The van der Waals surface area contributed by atoms with Crippen molar-refractivity contribution in [3.05, 3.63) is 28.2 Å². The molecule has 1 aromatic carbocycles. The number of fused-ring (bicyclic) bond motifs is 1. The summed E-state index contributed by atoms with van der Waals surface area (Å²) in [4.78, 5) is 5.26. The summed E-state index contributed by atoms with van der Waals surface area (Å²) < 4.78 is 1.23. The second-order valence-corrected chi connectivity index (χ2v) is 6.37. The van der Waals surface area contributed by atoms with Gasteiger partial charge >= 0.3 is 0 Å². The lowest BCUT2D eigenvalue weighted by atomic mass is 9.99. The first kappa shape index (κ1) is 12.5. The van der Waals surface area contributed by atoms with Gasteiger partial charge in [0.2, 0.25) is 0 Å². The van der Waals surface area contributed by atoms with Crippen LogP contribution in [0, 0.1) is 6.92 Å². The lowest BCUT2D eigenvalue weighted by Crippen LogP contribution is -2.55. The molecule has 2 aliphatic heterocycles. The Balaban J connectivity index is 1.79. The molecular weight excluding hydrogens is 288 g/mol. The predicted molar refractivity (Wildman–Crippen MR) is 80.3 cm³/mol. The molecule has 0 amide bonds. The first-order valence-electron chi connectivity index (χ1n) is 7.00. The molecule has 0 radical (unpaired) electrons. The van der Waals surface area contributed by atoms with Gasteiger partial charge in [-0.2, -0.15) is 0 Å². The monoisotopic (exact) mass is 308 g/mol. The van der Waals surface area contributed by atoms with E-state index in [1.165, 1.54) is 61.2 Å². The molecule has 0 N–H and O–H groups in total. The van der Waals surface area contributed by atoms with Crippen molar-refractivity contribution in [1.82, 2.24) is 4.90 Å². The quantitative estimate of drug-likeness (QED) is 0.784. The summed E-state index contributed by atoms with van der Waals surface area (Å²) >= 11 is 3.64. The number of rotatable bonds is 1. The first-order valence-corrected chi connectivity index (χ1v) is 7.79. The van der Waals surface area contributed by atoms with E-state index in [1.54, 1.807) is 0 Å². The van der Waals surface area contributed by atoms with E-state index < -0.39 is 0 Å². The molecular formula is C15H21BrN2. The second-order valence-electron chi connectivity index (χ2n) is 5.52. The lowest BCUT2D eigenvalue weighted by Gasteiger charge is -2.45. The van der Waals surface area contributed by atoms with E-state index >= 15 is 0 Å². The van der Waals surface area contributed by atoms with Gasteiger partial charge in [-0.05, 0) is 44.0 Å². The van der Waals surface area contributed by atoms with Crippen LogP contribution >= 0.6 is 15.9 Å². The SMILES string of the molecule is Cc1c(Br)cccc1N1CCN2CCCCC2C1. The molecule has 0 bridgehead atoms. The molecule has 0 spiro atoms. The molecule has 2 saturated heterocycles. The van der Waals surface area contributed by atoms with Gasteiger partial charge in [0.15, 0.2) is 0 Å². The van der Waals surface area contributed by atoms with Crippen molar-refractivity contribution >= 4 is 21.6 Å². The van der Waals surface area contributed by atoms with Crippen LogP contribution < -0.4 is 4.90 Å². The van der Waals surface area contributed by atoms with Crippen molar-refractivity contribution in [3.8, 4) is 0 Å². The van der Waals surface area contributed by atoms with E-state index in [2.05, 4.69) is 50.9 Å². The highest BCUT2D eigenvalue weighted by Crippen LogP contribution is 2.30. The second kappa shape index (κ2) is 5.22. The van der Waals surface area contributed by atoms with Crippen molar-refractivity contribution in [2.45, 2.75) is 32.2 Å². The van der Waals surface area contributed by atoms with Crippen molar-refractivity contribution in [3.63, 3.8) is 0 Å². The van der Waals surface area contributed by atoms with Crippen molar-refractivity contribution < 1.29 is 0 Å². The van der Waals surface area contributed by atoms with Crippen LogP contribution in [0.1, 0.15) is 24.8 Å². The van der Waals surface area contributed by atoms with Crippen LogP contribution in [0.3, 0.4) is 0 Å². The van der Waals surface area contributed by atoms with Gasteiger partial charge in [0.05, 0.1) is 0 Å². The molecule has 98 valence electrons. The fraction of sp³-hybridized carbons (Fsp3) is 0.600. The van der Waals surface area contributed by atoms with Gasteiger partial charge in [-0.25, -0.2) is 0 Å². The van der Waals surface area contributed by atoms with Crippen LogP contribution in [-0.4, -0.2) is 37.1 Å². The summed E-state index contributed by atoms with van der Waals surface area (Å²) in [7, 11) is 0. The van der Waals surface area contributed by atoms with E-state index in [0.717, 1.165) is 6.04 Å². The average molecular weight is 309 g/mol. The zero-order valence-corrected chi connectivity index (χ0v) is 12.6. The highest BCUT2D eigenvalue weighted by atomic mass is 79.9. The van der Waals surface area contributed by atoms with Crippen LogP contribution in [0.25, 0.3) is 0 Å². The Kier molecular flexibility index (Phi) is 3.62. The summed E-state index contributed by atoms with van der Waals surface area (Å²) in [5.74, 6) is 0. The number of hydrogen-bond donors (Lipinski definition) is 0. The maximum absolute atomic E-state index is 3.64. The Bertz CT molecular complexity index is 433. The summed E-state index contributed by atoms with van der Waals surface area (Å²) in [6.07, 6.45) is 4.18. The number of anilines is 1. The van der Waals surface area contributed by atoms with Gasteiger partial charge < -0.3 is 4.90 Å². The van der Waals surface area contributed by atoms with Crippen LogP contribution in [0.15, 0.2) is 22.7 Å². The van der Waals surface area contributed by atoms with E-state index in [-0.39, 0.29) is 0 Å². The number of hydrogen-bond acceptors (Lipinski definition) is 2. The third kappa shape index (κ3) is 2.30. The van der Waals surface area contributed by atoms with E-state index in [0.29, 0.717) is 0 Å². The smallest absolute Gasteiger partial charge is 0.0408 e. The molecule has 1 atom stereocenters. The van der Waals surface area contributed by atoms with E-state index in [9.17, 15) is 0 Å². The zero-order valence-electron chi connectivity index (χ0n) is 11.0. The zero-order chi connectivity index (χ0) is 12.5. The molecule has 3 rings (SSSR count). The van der Waals surface area contributed by atoms with Gasteiger partial charge in [0.25, 0.3) is 0 Å². The molecule has 2 heterocycles. The Morgan fingerprint density at radius 1 is 1.17 bits per heavy atom. The number of piperazine rings is 1. The number of nitrogens with zero attached hydrogens (tertiary/aromatic N) is 2. The summed E-state index contributed by atoms with van der Waals surface area (Å²) in [5, 5.41) is 0. The number of halogens is 1. The minimum Gasteiger partial charge on any atom is -0.368 e. The maximum Gasteiger partial charge on any atom is 0.0408 e. The molecule has 18 heavy (non-hydrogen) atoms. The summed E-state index contributed by atoms with van der Waals surface area (Å²) in [6.45, 7) is 7.14. The molecule has 0 aromatic heterocycles. The van der Waals surface area contributed by atoms with Crippen molar-refractivity contribution in [2.75, 3.05) is 31.1 Å². The summed E-state index contributed by atoms with van der Waals surface area (Å²) in [6, 6.07) is 7.33. The highest BCUT2D eigenvalue weighted by molar-refractivity contribution is 9.10. The van der Waals surface area contributed by atoms with Gasteiger partial charge in [0.1, 0.15) is 0 Å². The Hall–Kier alpha value is -0.540. The standard InChI is InChI=1S/C15H21BrN2/c1-12-14(16)6-4-7-15(12)18-10-9-17-8-3-2-5-13(17)11-18/h4,6-7,13H,2-3,5,8-11H2,1H3. The highest BCUT2D eigenvalue weighted by Gasteiger charge is 2.29. The minimum atomic E-state index is 0.783. The van der Waals surface area contributed by atoms with Crippen LogP contribution in [-0.2, 0) is 0 Å². The first-order chi connectivity index (χ1) is 8.75. The molecule has 0 aliphatic carbocycles. The van der Waals surface area contributed by atoms with Crippen LogP contribution in [0.5, 0.6) is 0 Å². The van der Waals surface area contributed by atoms with Gasteiger partial charge in [0, 0.05) is 35.8 Å². The number of piperidine rings is 1. The Morgan fingerprint density at radius 2 is 2.06 bits per heavy atom. The molecule has 3 heteroatoms. The van der Waals surface area contributed by atoms with Gasteiger partial charge in [-0.3, -0.25) is 4.90 Å². The van der Waals surface area contributed by atoms with E-state index in [1.807, 2.05) is 0 Å². The Labute approximate surface area is 118 Å². The molecule has 1 unspecified atom stereocenters. The van der Waals surface area contributed by atoms with Crippen molar-refractivity contribution in [2.24, 2.45) is 0 Å². The molecule has 2 nitrogen and oxygen atoms in total. The molecule has 2 aliphatic rings. The Morgan fingerprint density at radius 3 is 2.94 bits per heavy atom. The average Bonchev–Trinajstić information content (AvgIpc) is 2.41. The maximum atomic E-state index is 3.64. The summed E-state index contributed by atoms with van der Waals surface area (Å²) in [5.41, 5.74) is 2.79. The van der Waals surface area contributed by atoms with Crippen LogP contribution in [0.4, 0.5) is 5.69 Å². The van der Waals surface area contributed by atoms with Gasteiger partial charge in [-0.15, -0.1) is 0 Å². The largest absolute Gasteiger partial charge is 0.368 e. The molecule has 2 fully saturated rings. The third-order valence-electron chi connectivity index (χ3n) is 4.42. The molecule has 1 aromatic rings. The van der Waals surface area contributed by atoms with Crippen molar-refractivity contribution in [1.29, 1.82) is 0 Å². The number of benzene rings is 1. The topological polar surface area (TPSA) is 6.48 Å². The predicted octanol–water partition coefficient (Wildman–Crippen LogP) is 3.43. The van der Waals surface area contributed by atoms with Crippen LogP contribution in [0.2, 0.25) is 0 Å². The lowest BCUT2D eigenvalue weighted by molar-refractivity contribution is 0.133.